The van der Waals surface area contributed by atoms with Crippen molar-refractivity contribution < 1.29 is 19.0 Å². The van der Waals surface area contributed by atoms with Crippen molar-refractivity contribution >= 4 is 61.3 Å². The number of thiazole rings is 1. The molecular formula is C34H32ClN5O4S. The van der Waals surface area contributed by atoms with Gasteiger partial charge in [0, 0.05) is 37.1 Å². The molecule has 0 fully saturated rings. The van der Waals surface area contributed by atoms with Gasteiger partial charge in [-0.2, -0.15) is 0 Å². The van der Waals surface area contributed by atoms with Crippen molar-refractivity contribution in [2.45, 2.75) is 19.4 Å². The molecule has 2 heterocycles. The molecule has 0 saturated carbocycles. The van der Waals surface area contributed by atoms with Gasteiger partial charge in [-0.3, -0.25) is 4.79 Å². The topological polar surface area (TPSA) is 88.9 Å². The van der Waals surface area contributed by atoms with Gasteiger partial charge in [0.1, 0.15) is 11.6 Å². The van der Waals surface area contributed by atoms with Gasteiger partial charge in [-0.1, -0.05) is 35.6 Å². The molecule has 0 aliphatic carbocycles. The molecule has 0 bridgehead atoms. The van der Waals surface area contributed by atoms with Crippen LogP contribution < -0.4 is 24.0 Å². The summed E-state index contributed by atoms with van der Waals surface area (Å²) >= 11 is 7.50. The Morgan fingerprint density at radius 2 is 1.76 bits per heavy atom. The summed E-state index contributed by atoms with van der Waals surface area (Å²) < 4.78 is 18.2. The summed E-state index contributed by atoms with van der Waals surface area (Å²) in [5.41, 5.74) is 5.57. The molecule has 5 aromatic rings. The Balaban J connectivity index is 1.06. The first-order valence-electron chi connectivity index (χ1n) is 14.5. The third-order valence-electron chi connectivity index (χ3n) is 7.31. The highest BCUT2D eigenvalue weighted by Gasteiger charge is 2.21. The molecule has 230 valence electrons. The number of hydrogen-bond donors (Lipinski definition) is 0. The van der Waals surface area contributed by atoms with Crippen molar-refractivity contribution in [2.75, 3.05) is 43.2 Å². The lowest BCUT2D eigenvalue weighted by Gasteiger charge is -2.23. The molecule has 0 unspecified atom stereocenters. The van der Waals surface area contributed by atoms with Crippen LogP contribution in [0.25, 0.3) is 10.2 Å². The van der Waals surface area contributed by atoms with Crippen LogP contribution in [-0.2, 0) is 17.8 Å². The van der Waals surface area contributed by atoms with Crippen LogP contribution in [0, 0.1) is 0 Å². The normalized spacial score (nSPS) is 12.2. The number of benzene rings is 4. The number of aryl methyl sites for hydroxylation is 1. The summed E-state index contributed by atoms with van der Waals surface area (Å²) in [6.07, 6.45) is 1.67. The first-order valence-corrected chi connectivity index (χ1v) is 15.9. The predicted molar refractivity (Wildman–Crippen MR) is 179 cm³/mol. The maximum Gasteiger partial charge on any atom is 0.242 e. The van der Waals surface area contributed by atoms with Crippen LogP contribution >= 0.6 is 22.9 Å². The van der Waals surface area contributed by atoms with Gasteiger partial charge >= 0.3 is 0 Å². The third kappa shape index (κ3) is 7.35. The molecule has 1 aromatic heterocycles. The van der Waals surface area contributed by atoms with Gasteiger partial charge in [0.05, 0.1) is 29.1 Å². The Labute approximate surface area is 270 Å². The Morgan fingerprint density at radius 3 is 2.58 bits per heavy atom. The van der Waals surface area contributed by atoms with Crippen molar-refractivity contribution in [1.82, 2.24) is 4.98 Å². The number of fused-ring (bicyclic) bond motifs is 2. The minimum Gasteiger partial charge on any atom is -0.493 e. The van der Waals surface area contributed by atoms with Crippen LogP contribution in [-0.4, -0.2) is 44.3 Å². The average molecular weight is 642 g/mol. The van der Waals surface area contributed by atoms with E-state index in [0.717, 1.165) is 45.7 Å². The average Bonchev–Trinajstić information content (AvgIpc) is 3.71. The first kappa shape index (κ1) is 30.4. The zero-order chi connectivity index (χ0) is 31.2. The molecule has 45 heavy (non-hydrogen) atoms. The van der Waals surface area contributed by atoms with E-state index < -0.39 is 0 Å². The quantitative estimate of drug-likeness (QED) is 0.0774. The maximum absolute atomic E-state index is 12.8. The van der Waals surface area contributed by atoms with Crippen molar-refractivity contribution in [3.63, 3.8) is 0 Å². The number of para-hydroxylation sites is 1. The van der Waals surface area contributed by atoms with E-state index in [9.17, 15) is 4.79 Å². The molecule has 1 aliphatic rings. The number of carbonyl (C=O) groups excluding carboxylic acids is 1. The molecule has 1 aliphatic heterocycles. The number of carbonyl (C=O) groups is 1. The number of halogens is 1. The molecular weight excluding hydrogens is 610 g/mol. The van der Waals surface area contributed by atoms with E-state index in [4.69, 9.17) is 25.8 Å². The number of aromatic nitrogens is 1. The molecule has 0 spiro atoms. The van der Waals surface area contributed by atoms with Gasteiger partial charge in [-0.25, -0.2) is 4.98 Å². The summed E-state index contributed by atoms with van der Waals surface area (Å²) in [7, 11) is 4.01. The monoisotopic (exact) mass is 641 g/mol. The fraction of sp³-hybridized carbons (Fsp3) is 0.235. The van der Waals surface area contributed by atoms with E-state index in [2.05, 4.69) is 27.3 Å². The summed E-state index contributed by atoms with van der Waals surface area (Å²) in [4.78, 5) is 21.1. The zero-order valence-corrected chi connectivity index (χ0v) is 26.6. The summed E-state index contributed by atoms with van der Waals surface area (Å²) in [5.74, 6) is 1.63. The van der Waals surface area contributed by atoms with Crippen molar-refractivity contribution in [2.24, 2.45) is 10.2 Å². The predicted octanol–water partition coefficient (Wildman–Crippen LogP) is 8.29. The van der Waals surface area contributed by atoms with Crippen LogP contribution in [0.3, 0.4) is 0 Å². The van der Waals surface area contributed by atoms with Gasteiger partial charge < -0.3 is 24.0 Å². The fourth-order valence-electron chi connectivity index (χ4n) is 4.93. The van der Waals surface area contributed by atoms with Crippen LogP contribution in [0.5, 0.6) is 17.2 Å². The van der Waals surface area contributed by atoms with E-state index in [-0.39, 0.29) is 18.6 Å². The molecule has 4 aromatic carbocycles. The van der Waals surface area contributed by atoms with Gasteiger partial charge in [0.15, 0.2) is 11.5 Å². The molecule has 0 saturated heterocycles. The number of hydrogen-bond acceptors (Lipinski definition) is 9. The highest BCUT2D eigenvalue weighted by molar-refractivity contribution is 7.21. The third-order valence-corrected chi connectivity index (χ3v) is 8.44. The molecule has 11 heteroatoms. The highest BCUT2D eigenvalue weighted by Crippen LogP contribution is 2.36. The second kappa shape index (κ2) is 14.0. The number of alkyl halides is 1. The van der Waals surface area contributed by atoms with Crippen LogP contribution in [0.1, 0.15) is 17.5 Å². The zero-order valence-electron chi connectivity index (χ0n) is 25.0. The minimum atomic E-state index is -0.216. The Morgan fingerprint density at radius 1 is 0.956 bits per heavy atom. The van der Waals surface area contributed by atoms with Crippen LogP contribution in [0.4, 0.5) is 22.2 Å². The highest BCUT2D eigenvalue weighted by atomic mass is 35.5. The van der Waals surface area contributed by atoms with Gasteiger partial charge in [0.25, 0.3) is 0 Å². The van der Waals surface area contributed by atoms with Gasteiger partial charge in [0.2, 0.25) is 17.8 Å². The Bertz CT molecular complexity index is 1830. The molecule has 0 radical (unpaired) electrons. The van der Waals surface area contributed by atoms with Crippen LogP contribution in [0.2, 0.25) is 0 Å². The largest absolute Gasteiger partial charge is 0.493 e. The van der Waals surface area contributed by atoms with E-state index >= 15 is 0 Å². The molecule has 0 N–H and O–H groups in total. The van der Waals surface area contributed by atoms with Crippen LogP contribution in [0.15, 0.2) is 95.2 Å². The fourth-order valence-corrected chi connectivity index (χ4v) is 5.92. The van der Waals surface area contributed by atoms with E-state index in [1.165, 1.54) is 16.9 Å². The maximum atomic E-state index is 12.8. The standard InChI is InChI=1S/C34H32ClN5O4S/c1-39(2)26-12-10-25(11-13-26)37-38-34-36-28-15-9-23(18-32(28)45-34)6-5-17-42-29-8-4-3-7-24(29)21-40(33(41)20-35)27-14-16-30-31(19-27)44-22-43-30/h3-4,7-16,18-19H,5-6,17,20-22H2,1-2H3/b38-37+. The molecule has 1 amide bonds. The summed E-state index contributed by atoms with van der Waals surface area (Å²) in [5, 5.41) is 9.34. The number of nitrogens with zero attached hydrogens (tertiary/aromatic N) is 5. The van der Waals surface area contributed by atoms with Crippen molar-refractivity contribution in [1.29, 1.82) is 0 Å². The Hall–Kier alpha value is -4.67. The molecule has 6 rings (SSSR count). The molecule has 0 atom stereocenters. The Kier molecular flexibility index (Phi) is 9.42. The van der Waals surface area contributed by atoms with E-state index in [1.54, 1.807) is 17.0 Å². The number of azo groups is 1. The second-order valence-corrected chi connectivity index (χ2v) is 11.9. The lowest BCUT2D eigenvalue weighted by molar-refractivity contribution is -0.116. The number of anilines is 2. The molecule has 9 nitrogen and oxygen atoms in total. The SMILES string of the molecule is CN(C)c1ccc(/N=N/c2nc3ccc(CCCOc4ccccc4CN(C(=O)CCl)c4ccc5c(c4)OCO5)cc3s2)cc1. The van der Waals surface area contributed by atoms with Crippen molar-refractivity contribution in [3.05, 3.63) is 96.1 Å². The second-order valence-electron chi connectivity index (χ2n) is 10.6. The van der Waals surface area contributed by atoms with E-state index in [1.807, 2.05) is 79.7 Å². The van der Waals surface area contributed by atoms with E-state index in [0.29, 0.717) is 35.5 Å². The minimum absolute atomic E-state index is 0.142. The number of amides is 1. The first-order chi connectivity index (χ1) is 22.0. The lowest BCUT2D eigenvalue weighted by Crippen LogP contribution is -2.31. The summed E-state index contributed by atoms with van der Waals surface area (Å²) in [6, 6.07) is 27.4. The lowest BCUT2D eigenvalue weighted by atomic mass is 10.1. The summed E-state index contributed by atoms with van der Waals surface area (Å²) in [6.45, 7) is 0.999. The smallest absolute Gasteiger partial charge is 0.242 e. The van der Waals surface area contributed by atoms with Crippen molar-refractivity contribution in [3.8, 4) is 17.2 Å². The number of ether oxygens (including phenoxy) is 3. The number of rotatable bonds is 12. The van der Waals surface area contributed by atoms with Gasteiger partial charge in [-0.15, -0.1) is 21.8 Å². The van der Waals surface area contributed by atoms with Gasteiger partial charge in [-0.05, 0) is 73.0 Å².